The maximum atomic E-state index is 11.8. The average molecular weight is 267 g/mol. The first-order chi connectivity index (χ1) is 9.21. The molecular formula is C14H21NO4. The van der Waals surface area contributed by atoms with Crippen molar-refractivity contribution in [1.29, 1.82) is 0 Å². The van der Waals surface area contributed by atoms with Crippen LogP contribution in [0.5, 0.6) is 0 Å². The normalized spacial score (nSPS) is 10.7. The fourth-order valence-electron chi connectivity index (χ4n) is 1.67. The molecule has 0 spiro atoms. The third kappa shape index (κ3) is 5.38. The Morgan fingerprint density at radius 1 is 1.26 bits per heavy atom. The van der Waals surface area contributed by atoms with E-state index < -0.39 is 0 Å². The molecule has 19 heavy (non-hydrogen) atoms. The van der Waals surface area contributed by atoms with Gasteiger partial charge in [-0.2, -0.15) is 0 Å². The van der Waals surface area contributed by atoms with Crippen LogP contribution in [-0.2, 0) is 16.1 Å². The third-order valence-electron chi connectivity index (χ3n) is 2.83. The summed E-state index contributed by atoms with van der Waals surface area (Å²) in [4.78, 5) is 11.8. The van der Waals surface area contributed by atoms with E-state index in [-0.39, 0.29) is 18.8 Å². The molecule has 1 amide bonds. The van der Waals surface area contributed by atoms with Crippen molar-refractivity contribution in [2.75, 3.05) is 20.8 Å². The first kappa shape index (κ1) is 15.6. The predicted molar refractivity (Wildman–Crippen MR) is 71.7 cm³/mol. The van der Waals surface area contributed by atoms with Crippen LogP contribution in [-0.4, -0.2) is 38.1 Å². The number of hydrogen-bond acceptors (Lipinski definition) is 4. The van der Waals surface area contributed by atoms with Gasteiger partial charge in [0.2, 0.25) is 0 Å². The van der Waals surface area contributed by atoms with Gasteiger partial charge in [0.15, 0.2) is 6.29 Å². The fourth-order valence-corrected chi connectivity index (χ4v) is 1.67. The van der Waals surface area contributed by atoms with Crippen LogP contribution in [0.25, 0.3) is 0 Å². The number of hydrogen-bond donors (Lipinski definition) is 2. The Labute approximate surface area is 113 Å². The van der Waals surface area contributed by atoms with Crippen LogP contribution in [0.1, 0.15) is 28.8 Å². The van der Waals surface area contributed by atoms with Gasteiger partial charge >= 0.3 is 0 Å². The van der Waals surface area contributed by atoms with E-state index in [1.807, 2.05) is 0 Å². The highest BCUT2D eigenvalue weighted by atomic mass is 16.7. The van der Waals surface area contributed by atoms with Crippen molar-refractivity contribution in [2.24, 2.45) is 0 Å². The van der Waals surface area contributed by atoms with Crippen LogP contribution in [0.15, 0.2) is 24.3 Å². The van der Waals surface area contributed by atoms with Crippen molar-refractivity contribution < 1.29 is 19.4 Å². The minimum absolute atomic E-state index is 0.0165. The van der Waals surface area contributed by atoms with Crippen LogP contribution in [0.2, 0.25) is 0 Å². The summed E-state index contributed by atoms with van der Waals surface area (Å²) < 4.78 is 10.1. The maximum absolute atomic E-state index is 11.8. The monoisotopic (exact) mass is 267 g/mol. The number of rotatable bonds is 8. The lowest BCUT2D eigenvalue weighted by atomic mass is 10.1. The zero-order chi connectivity index (χ0) is 14.1. The first-order valence-corrected chi connectivity index (χ1v) is 6.24. The lowest BCUT2D eigenvalue weighted by molar-refractivity contribution is -0.106. The number of benzene rings is 1. The zero-order valence-electron chi connectivity index (χ0n) is 11.4. The van der Waals surface area contributed by atoms with Crippen LogP contribution >= 0.6 is 0 Å². The molecular weight excluding hydrogens is 246 g/mol. The summed E-state index contributed by atoms with van der Waals surface area (Å²) in [7, 11) is 3.19. The molecule has 0 aliphatic heterocycles. The Balaban J connectivity index is 2.30. The Morgan fingerprint density at radius 2 is 1.89 bits per heavy atom. The summed E-state index contributed by atoms with van der Waals surface area (Å²) >= 11 is 0. The summed E-state index contributed by atoms with van der Waals surface area (Å²) in [6.45, 7) is 0.557. The van der Waals surface area contributed by atoms with Crippen molar-refractivity contribution in [3.8, 4) is 0 Å². The van der Waals surface area contributed by atoms with Crippen LogP contribution < -0.4 is 5.32 Å². The molecule has 1 rings (SSSR count). The Kier molecular flexibility index (Phi) is 7.10. The van der Waals surface area contributed by atoms with Gasteiger partial charge in [-0.05, 0) is 24.1 Å². The van der Waals surface area contributed by atoms with Gasteiger partial charge in [-0.3, -0.25) is 4.79 Å². The molecule has 0 saturated carbocycles. The Hall–Kier alpha value is -1.43. The van der Waals surface area contributed by atoms with E-state index in [0.717, 1.165) is 18.4 Å². The lowest BCUT2D eigenvalue weighted by Crippen LogP contribution is -2.25. The molecule has 106 valence electrons. The third-order valence-corrected chi connectivity index (χ3v) is 2.83. The number of carbonyl (C=O) groups excluding carboxylic acids is 1. The highest BCUT2D eigenvalue weighted by Gasteiger charge is 2.07. The summed E-state index contributed by atoms with van der Waals surface area (Å²) in [5.74, 6) is -0.115. The van der Waals surface area contributed by atoms with Gasteiger partial charge in [-0.1, -0.05) is 12.1 Å². The van der Waals surface area contributed by atoms with Gasteiger partial charge in [-0.25, -0.2) is 0 Å². The first-order valence-electron chi connectivity index (χ1n) is 6.24. The van der Waals surface area contributed by atoms with Gasteiger partial charge in [0.25, 0.3) is 5.91 Å². The van der Waals surface area contributed by atoms with Gasteiger partial charge in [0.1, 0.15) is 0 Å². The predicted octanol–water partition coefficient (Wildman–Crippen LogP) is 1.31. The molecule has 5 nitrogen and oxygen atoms in total. The minimum atomic E-state index is -0.222. The number of ether oxygens (including phenoxy) is 2. The molecule has 1 aromatic rings. The largest absolute Gasteiger partial charge is 0.392 e. The minimum Gasteiger partial charge on any atom is -0.392 e. The van der Waals surface area contributed by atoms with Crippen LogP contribution in [0.4, 0.5) is 0 Å². The van der Waals surface area contributed by atoms with Crippen molar-refractivity contribution in [2.45, 2.75) is 25.7 Å². The number of aliphatic hydroxyl groups is 1. The molecule has 0 unspecified atom stereocenters. The Bertz CT molecular complexity index is 374. The summed E-state index contributed by atoms with van der Waals surface area (Å²) in [6.07, 6.45) is 1.30. The second-order valence-corrected chi connectivity index (χ2v) is 4.15. The molecule has 0 bridgehead atoms. The molecule has 0 aliphatic carbocycles. The lowest BCUT2D eigenvalue weighted by Gasteiger charge is -2.13. The number of aliphatic hydroxyl groups excluding tert-OH is 1. The topological polar surface area (TPSA) is 67.8 Å². The molecule has 2 N–H and O–H groups in total. The van der Waals surface area contributed by atoms with E-state index in [9.17, 15) is 4.79 Å². The van der Waals surface area contributed by atoms with E-state index in [0.29, 0.717) is 12.1 Å². The van der Waals surface area contributed by atoms with E-state index >= 15 is 0 Å². The molecule has 0 aliphatic rings. The summed E-state index contributed by atoms with van der Waals surface area (Å²) in [5, 5.41) is 11.7. The SMILES string of the molecule is COC(CCCNC(=O)c1ccc(CO)cc1)OC. The molecule has 0 fully saturated rings. The van der Waals surface area contributed by atoms with Crippen LogP contribution in [0.3, 0.4) is 0 Å². The molecule has 5 heteroatoms. The van der Waals surface area contributed by atoms with E-state index in [1.54, 1.807) is 38.5 Å². The Morgan fingerprint density at radius 3 is 2.42 bits per heavy atom. The standard InChI is InChI=1S/C14H21NO4/c1-18-13(19-2)4-3-9-15-14(17)12-7-5-11(10-16)6-8-12/h5-8,13,16H,3-4,9-10H2,1-2H3,(H,15,17). The second kappa shape index (κ2) is 8.63. The van der Waals surface area contributed by atoms with Gasteiger partial charge in [0.05, 0.1) is 6.61 Å². The molecule has 1 aromatic carbocycles. The van der Waals surface area contributed by atoms with E-state index in [1.165, 1.54) is 0 Å². The number of amides is 1. The van der Waals surface area contributed by atoms with Gasteiger partial charge in [0, 0.05) is 32.7 Å². The van der Waals surface area contributed by atoms with Crippen molar-refractivity contribution in [1.82, 2.24) is 5.32 Å². The zero-order valence-corrected chi connectivity index (χ0v) is 11.4. The quantitative estimate of drug-likeness (QED) is 0.550. The maximum Gasteiger partial charge on any atom is 0.251 e. The highest BCUT2D eigenvalue weighted by Crippen LogP contribution is 2.05. The number of nitrogens with one attached hydrogen (secondary N) is 1. The van der Waals surface area contributed by atoms with Crippen molar-refractivity contribution >= 4 is 5.91 Å². The summed E-state index contributed by atoms with van der Waals surface area (Å²) in [5.41, 5.74) is 1.38. The van der Waals surface area contributed by atoms with E-state index in [2.05, 4.69) is 5.32 Å². The highest BCUT2D eigenvalue weighted by molar-refractivity contribution is 5.94. The smallest absolute Gasteiger partial charge is 0.251 e. The second-order valence-electron chi connectivity index (χ2n) is 4.15. The number of methoxy groups -OCH3 is 2. The molecule has 0 atom stereocenters. The number of carbonyl (C=O) groups is 1. The molecule has 0 heterocycles. The molecule has 0 radical (unpaired) electrons. The van der Waals surface area contributed by atoms with Crippen molar-refractivity contribution in [3.05, 3.63) is 35.4 Å². The van der Waals surface area contributed by atoms with Crippen LogP contribution in [0, 0.1) is 0 Å². The van der Waals surface area contributed by atoms with Gasteiger partial charge < -0.3 is 19.9 Å². The molecule has 0 aromatic heterocycles. The van der Waals surface area contributed by atoms with Crippen molar-refractivity contribution in [3.63, 3.8) is 0 Å². The average Bonchev–Trinajstić information content (AvgIpc) is 2.47. The van der Waals surface area contributed by atoms with Gasteiger partial charge in [-0.15, -0.1) is 0 Å². The molecule has 0 saturated heterocycles. The van der Waals surface area contributed by atoms with E-state index in [4.69, 9.17) is 14.6 Å². The fraction of sp³-hybridized carbons (Fsp3) is 0.500. The summed E-state index contributed by atoms with van der Waals surface area (Å²) in [6, 6.07) is 6.88.